The molecule has 0 radical (unpaired) electrons. The Hall–Kier alpha value is -0.940. The molecule has 1 aromatic heterocycles. The summed E-state index contributed by atoms with van der Waals surface area (Å²) in [6.45, 7) is 3.74. The second-order valence-electron chi connectivity index (χ2n) is 4.41. The molecule has 1 saturated heterocycles. The number of carbonyl (C=O) groups is 1. The molecule has 1 aliphatic rings. The molecule has 1 unspecified atom stereocenters. The van der Waals surface area contributed by atoms with Crippen LogP contribution in [0.3, 0.4) is 0 Å². The van der Waals surface area contributed by atoms with Crippen LogP contribution in [-0.2, 0) is 4.79 Å². The van der Waals surface area contributed by atoms with Crippen LogP contribution in [0.15, 0.2) is 22.9 Å². The third-order valence-electron chi connectivity index (χ3n) is 3.36. The monoisotopic (exact) mass is 297 g/mol. The maximum Gasteiger partial charge on any atom is 0.231 e. The van der Waals surface area contributed by atoms with Gasteiger partial charge in [-0.05, 0) is 41.4 Å². The van der Waals surface area contributed by atoms with Crippen LogP contribution >= 0.6 is 15.9 Å². The van der Waals surface area contributed by atoms with Crippen molar-refractivity contribution in [3.63, 3.8) is 0 Å². The fraction of sp³-hybridized carbons (Fsp3) is 0.500. The highest BCUT2D eigenvalue weighted by Crippen LogP contribution is 2.31. The second kappa shape index (κ2) is 5.14. The molecule has 1 aromatic rings. The van der Waals surface area contributed by atoms with Gasteiger partial charge in [-0.25, -0.2) is 0 Å². The van der Waals surface area contributed by atoms with Gasteiger partial charge in [0.05, 0.1) is 17.3 Å². The number of pyridine rings is 1. The maximum atomic E-state index is 12.3. The molecule has 17 heavy (non-hydrogen) atoms. The van der Waals surface area contributed by atoms with E-state index in [2.05, 4.69) is 38.5 Å². The average molecular weight is 298 g/mol. The van der Waals surface area contributed by atoms with E-state index in [0.29, 0.717) is 0 Å². The number of rotatable bonds is 3. The summed E-state index contributed by atoms with van der Waals surface area (Å²) >= 11 is 3.34. The minimum absolute atomic E-state index is 0.0879. The van der Waals surface area contributed by atoms with Crippen molar-refractivity contribution in [1.82, 2.24) is 10.3 Å². The molecule has 1 aliphatic heterocycles. The molecule has 1 fully saturated rings. The first kappa shape index (κ1) is 12.5. The van der Waals surface area contributed by atoms with Gasteiger partial charge in [-0.3, -0.25) is 9.78 Å². The summed E-state index contributed by atoms with van der Waals surface area (Å²) < 4.78 is 0.866. The second-order valence-corrected chi connectivity index (χ2v) is 5.32. The smallest absolute Gasteiger partial charge is 0.231 e. The van der Waals surface area contributed by atoms with Gasteiger partial charge in [0.2, 0.25) is 5.91 Å². The van der Waals surface area contributed by atoms with Crippen molar-refractivity contribution < 1.29 is 4.79 Å². The number of carbonyl (C=O) groups excluding carboxylic acids is 1. The number of halogens is 1. The van der Waals surface area contributed by atoms with Gasteiger partial charge >= 0.3 is 0 Å². The van der Waals surface area contributed by atoms with Gasteiger partial charge < -0.3 is 10.6 Å². The molecule has 5 heteroatoms. The fourth-order valence-corrected chi connectivity index (χ4v) is 2.51. The topological polar surface area (TPSA) is 54.0 Å². The van der Waals surface area contributed by atoms with Crippen LogP contribution in [0, 0.1) is 5.41 Å². The predicted octanol–water partition coefficient (Wildman–Crippen LogP) is 2.17. The summed E-state index contributed by atoms with van der Waals surface area (Å²) in [7, 11) is 0. The molecule has 2 heterocycles. The number of anilines is 1. The summed E-state index contributed by atoms with van der Waals surface area (Å²) in [6, 6.07) is 1.86. The highest BCUT2D eigenvalue weighted by atomic mass is 79.9. The standard InChI is InChI=1S/C12H16BrN3O/c1-2-12(3-4-14-8-12)11(17)16-10-5-9(13)6-15-7-10/h5-7,14H,2-4,8H2,1H3,(H,16,17). The molecule has 92 valence electrons. The lowest BCUT2D eigenvalue weighted by atomic mass is 9.83. The molecule has 2 rings (SSSR count). The molecule has 0 saturated carbocycles. The van der Waals surface area contributed by atoms with E-state index in [9.17, 15) is 4.79 Å². The Morgan fingerprint density at radius 1 is 1.65 bits per heavy atom. The lowest BCUT2D eigenvalue weighted by Gasteiger charge is -2.25. The Morgan fingerprint density at radius 2 is 2.47 bits per heavy atom. The van der Waals surface area contributed by atoms with Gasteiger partial charge in [0.15, 0.2) is 0 Å². The number of nitrogens with one attached hydrogen (secondary N) is 2. The molecular weight excluding hydrogens is 282 g/mol. The molecule has 0 spiro atoms. The van der Waals surface area contributed by atoms with Crippen molar-refractivity contribution in [2.45, 2.75) is 19.8 Å². The van der Waals surface area contributed by atoms with Crippen LogP contribution in [0.5, 0.6) is 0 Å². The number of amides is 1. The van der Waals surface area contributed by atoms with Gasteiger partial charge in [-0.2, -0.15) is 0 Å². The minimum Gasteiger partial charge on any atom is -0.324 e. The van der Waals surface area contributed by atoms with Crippen molar-refractivity contribution in [2.75, 3.05) is 18.4 Å². The third kappa shape index (κ3) is 2.66. The molecule has 1 atom stereocenters. The predicted molar refractivity (Wildman–Crippen MR) is 70.8 cm³/mol. The molecule has 0 aliphatic carbocycles. The van der Waals surface area contributed by atoms with E-state index < -0.39 is 0 Å². The highest BCUT2D eigenvalue weighted by molar-refractivity contribution is 9.10. The normalized spacial score (nSPS) is 23.6. The number of hydrogen-bond donors (Lipinski definition) is 2. The van der Waals surface area contributed by atoms with Crippen LogP contribution in [-0.4, -0.2) is 24.0 Å². The SMILES string of the molecule is CCC1(C(=O)Nc2cncc(Br)c2)CCNC1. The van der Waals surface area contributed by atoms with Crippen LogP contribution in [0.2, 0.25) is 0 Å². The Kier molecular flexibility index (Phi) is 3.79. The zero-order valence-electron chi connectivity index (χ0n) is 9.79. The Morgan fingerprint density at radius 3 is 3.06 bits per heavy atom. The first-order chi connectivity index (χ1) is 8.16. The van der Waals surface area contributed by atoms with E-state index in [1.54, 1.807) is 12.4 Å². The summed E-state index contributed by atoms with van der Waals surface area (Å²) in [5, 5.41) is 6.20. The van der Waals surface area contributed by atoms with Crippen LogP contribution < -0.4 is 10.6 Å². The molecule has 1 amide bonds. The number of hydrogen-bond acceptors (Lipinski definition) is 3. The Labute approximate surface area is 109 Å². The molecular formula is C12H16BrN3O. The van der Waals surface area contributed by atoms with E-state index >= 15 is 0 Å². The van der Waals surface area contributed by atoms with Crippen molar-refractivity contribution in [2.24, 2.45) is 5.41 Å². The lowest BCUT2D eigenvalue weighted by molar-refractivity contribution is -0.124. The molecule has 2 N–H and O–H groups in total. The van der Waals surface area contributed by atoms with Crippen LogP contribution in [0.4, 0.5) is 5.69 Å². The van der Waals surface area contributed by atoms with Crippen molar-refractivity contribution in [3.05, 3.63) is 22.9 Å². The summed E-state index contributed by atoms with van der Waals surface area (Å²) in [5.41, 5.74) is 0.478. The minimum atomic E-state index is -0.262. The summed E-state index contributed by atoms with van der Waals surface area (Å²) in [6.07, 6.45) is 5.11. The van der Waals surface area contributed by atoms with Crippen molar-refractivity contribution >= 4 is 27.5 Å². The first-order valence-corrected chi connectivity index (χ1v) is 6.58. The largest absolute Gasteiger partial charge is 0.324 e. The van der Waals surface area contributed by atoms with E-state index in [-0.39, 0.29) is 11.3 Å². The van der Waals surface area contributed by atoms with E-state index in [1.165, 1.54) is 0 Å². The van der Waals surface area contributed by atoms with Gasteiger partial charge in [0.25, 0.3) is 0 Å². The first-order valence-electron chi connectivity index (χ1n) is 5.79. The van der Waals surface area contributed by atoms with Crippen molar-refractivity contribution in [1.29, 1.82) is 0 Å². The zero-order valence-corrected chi connectivity index (χ0v) is 11.4. The lowest BCUT2D eigenvalue weighted by Crippen LogP contribution is -2.37. The zero-order chi connectivity index (χ0) is 12.3. The van der Waals surface area contributed by atoms with Crippen LogP contribution in [0.1, 0.15) is 19.8 Å². The average Bonchev–Trinajstić information content (AvgIpc) is 2.78. The third-order valence-corrected chi connectivity index (χ3v) is 3.80. The van der Waals surface area contributed by atoms with E-state index in [1.807, 2.05) is 6.07 Å². The fourth-order valence-electron chi connectivity index (χ4n) is 2.14. The molecule has 4 nitrogen and oxygen atoms in total. The van der Waals surface area contributed by atoms with Gasteiger partial charge in [-0.1, -0.05) is 6.92 Å². The van der Waals surface area contributed by atoms with E-state index in [4.69, 9.17) is 0 Å². The quantitative estimate of drug-likeness (QED) is 0.899. The van der Waals surface area contributed by atoms with Crippen molar-refractivity contribution in [3.8, 4) is 0 Å². The summed E-state index contributed by atoms with van der Waals surface area (Å²) in [4.78, 5) is 16.3. The molecule has 0 bridgehead atoms. The Bertz CT molecular complexity index is 416. The summed E-state index contributed by atoms with van der Waals surface area (Å²) in [5.74, 6) is 0.0879. The van der Waals surface area contributed by atoms with E-state index in [0.717, 1.165) is 36.1 Å². The molecule has 0 aromatic carbocycles. The highest BCUT2D eigenvalue weighted by Gasteiger charge is 2.39. The van der Waals surface area contributed by atoms with Gasteiger partial charge in [0, 0.05) is 17.2 Å². The maximum absolute atomic E-state index is 12.3. The van der Waals surface area contributed by atoms with Gasteiger partial charge in [0.1, 0.15) is 0 Å². The Balaban J connectivity index is 2.10. The van der Waals surface area contributed by atoms with Crippen LogP contribution in [0.25, 0.3) is 0 Å². The van der Waals surface area contributed by atoms with Gasteiger partial charge in [-0.15, -0.1) is 0 Å². The number of aromatic nitrogens is 1. The number of nitrogens with zero attached hydrogens (tertiary/aromatic N) is 1.